The molecule has 2 heteroatoms. The van der Waals surface area contributed by atoms with Crippen LogP contribution in [0, 0.1) is 6.92 Å². The fraction of sp³-hybridized carbons (Fsp3) is 0.0476. The third kappa shape index (κ3) is 2.49. The maximum absolute atomic E-state index is 8.48. The van der Waals surface area contributed by atoms with Gasteiger partial charge >= 0.3 is 0 Å². The smallest absolute Gasteiger partial charge is 0.126 e. The summed E-state index contributed by atoms with van der Waals surface area (Å²) in [4.78, 5) is 9.21. The van der Waals surface area contributed by atoms with Crippen molar-refractivity contribution >= 4 is 10.9 Å². The van der Waals surface area contributed by atoms with Crippen molar-refractivity contribution in [3.63, 3.8) is 0 Å². The lowest BCUT2D eigenvalue weighted by atomic mass is 9.97. The lowest BCUT2D eigenvalue weighted by Gasteiger charge is -2.12. The zero-order valence-electron chi connectivity index (χ0n) is 14.7. The fourth-order valence-corrected chi connectivity index (χ4v) is 2.81. The average Bonchev–Trinajstić information content (AvgIpc) is 2.64. The first-order valence-corrected chi connectivity index (χ1v) is 7.54. The average molecular weight is 298 g/mol. The number of fused-ring (bicyclic) bond motifs is 1. The van der Waals surface area contributed by atoms with E-state index in [1.807, 2.05) is 67.6 Å². The van der Waals surface area contributed by atoms with Crippen LogP contribution in [0.4, 0.5) is 0 Å². The van der Waals surface area contributed by atoms with Crippen molar-refractivity contribution in [2.24, 2.45) is 0 Å². The van der Waals surface area contributed by atoms with Gasteiger partial charge in [-0.1, -0.05) is 72.7 Å². The Labute approximate surface area is 138 Å². The second-order valence-electron chi connectivity index (χ2n) is 5.40. The van der Waals surface area contributed by atoms with Crippen molar-refractivity contribution in [1.82, 2.24) is 9.97 Å². The van der Waals surface area contributed by atoms with Crippen molar-refractivity contribution in [3.8, 4) is 22.4 Å². The van der Waals surface area contributed by atoms with Crippen LogP contribution >= 0.6 is 0 Å². The Morgan fingerprint density at radius 1 is 0.783 bits per heavy atom. The Morgan fingerprint density at radius 2 is 1.43 bits per heavy atom. The lowest BCUT2D eigenvalue weighted by molar-refractivity contribution is 1.10. The second-order valence-corrected chi connectivity index (χ2v) is 5.40. The minimum Gasteiger partial charge on any atom is -0.233 e. The Hall–Kier alpha value is -3.00. The Bertz CT molecular complexity index is 1060. The molecule has 0 saturated heterocycles. The van der Waals surface area contributed by atoms with Gasteiger partial charge in [0.2, 0.25) is 0 Å². The predicted octanol–water partition coefficient (Wildman–Crippen LogP) is 5.27. The molecule has 1 aromatic heterocycles. The van der Waals surface area contributed by atoms with Gasteiger partial charge in [-0.2, -0.15) is 0 Å². The van der Waals surface area contributed by atoms with E-state index >= 15 is 0 Å². The summed E-state index contributed by atoms with van der Waals surface area (Å²) < 4.78 is 16.7. The molecule has 0 saturated carbocycles. The van der Waals surface area contributed by atoms with Gasteiger partial charge in [0.05, 0.1) is 14.0 Å². The molecule has 0 atom stereocenters. The van der Waals surface area contributed by atoms with E-state index in [-0.39, 0.29) is 12.1 Å². The van der Waals surface area contributed by atoms with Crippen LogP contribution in [-0.4, -0.2) is 9.97 Å². The van der Waals surface area contributed by atoms with Gasteiger partial charge in [-0.25, -0.2) is 9.97 Å². The van der Waals surface area contributed by atoms with Crippen molar-refractivity contribution in [2.75, 3.05) is 0 Å². The van der Waals surface area contributed by atoms with Crippen molar-refractivity contribution in [1.29, 1.82) is 0 Å². The molecule has 23 heavy (non-hydrogen) atoms. The van der Waals surface area contributed by atoms with Crippen LogP contribution in [0.3, 0.4) is 0 Å². The fourth-order valence-electron chi connectivity index (χ4n) is 2.81. The number of rotatable bonds is 2. The Morgan fingerprint density at radius 3 is 2.13 bits per heavy atom. The Balaban J connectivity index is 2.18. The van der Waals surface area contributed by atoms with Gasteiger partial charge in [-0.05, 0) is 24.1 Å². The highest BCUT2D eigenvalue weighted by Crippen LogP contribution is 2.34. The topological polar surface area (TPSA) is 25.8 Å². The molecule has 0 aliphatic heterocycles. The maximum atomic E-state index is 8.48. The van der Waals surface area contributed by atoms with Gasteiger partial charge < -0.3 is 0 Å². The normalized spacial score (nSPS) is 12.0. The molecule has 0 N–H and O–H groups in total. The van der Waals surface area contributed by atoms with E-state index in [2.05, 4.69) is 9.97 Å². The van der Waals surface area contributed by atoms with Crippen LogP contribution in [0.25, 0.3) is 33.3 Å². The molecule has 4 rings (SSSR count). The van der Waals surface area contributed by atoms with Crippen LogP contribution in [0.1, 0.15) is 8.57 Å². The molecule has 110 valence electrons. The largest absolute Gasteiger partial charge is 0.233 e. The zero-order chi connectivity index (χ0) is 17.4. The number of hydrogen-bond donors (Lipinski definition) is 0. The second kappa shape index (κ2) is 5.65. The third-order valence-corrected chi connectivity index (χ3v) is 3.81. The molecule has 1 heterocycles. The van der Waals surface area contributed by atoms with Crippen LogP contribution < -0.4 is 0 Å². The molecule has 0 aliphatic carbocycles. The SMILES string of the molecule is [2H]c1cc2nc(C)nc(-c3ccccc3)c2c(-c2ccccc2)c1[2H]. The number of aromatic nitrogens is 2. The minimum atomic E-state index is 0.170. The summed E-state index contributed by atoms with van der Waals surface area (Å²) in [6, 6.07) is 21.7. The number of nitrogens with zero attached hydrogens (tertiary/aromatic N) is 2. The van der Waals surface area contributed by atoms with Gasteiger partial charge in [-0.15, -0.1) is 0 Å². The quantitative estimate of drug-likeness (QED) is 0.503. The van der Waals surface area contributed by atoms with Gasteiger partial charge in [0, 0.05) is 10.9 Å². The summed E-state index contributed by atoms with van der Waals surface area (Å²) in [5, 5.41) is 0.823. The summed E-state index contributed by atoms with van der Waals surface area (Å²) in [6.07, 6.45) is 0. The molecule has 0 bridgehead atoms. The van der Waals surface area contributed by atoms with E-state index in [1.54, 1.807) is 6.07 Å². The molecule has 0 radical (unpaired) electrons. The van der Waals surface area contributed by atoms with Crippen molar-refractivity contribution in [2.45, 2.75) is 6.92 Å². The molecule has 2 nitrogen and oxygen atoms in total. The highest BCUT2D eigenvalue weighted by molar-refractivity contribution is 6.03. The predicted molar refractivity (Wildman–Crippen MR) is 95.1 cm³/mol. The Kier molecular flexibility index (Phi) is 2.84. The van der Waals surface area contributed by atoms with Crippen LogP contribution in [0.5, 0.6) is 0 Å². The molecule has 0 unspecified atom stereocenters. The van der Waals surface area contributed by atoms with Crippen molar-refractivity contribution in [3.05, 3.63) is 84.6 Å². The zero-order valence-corrected chi connectivity index (χ0v) is 12.7. The number of aryl methyl sites for hydroxylation is 1. The third-order valence-electron chi connectivity index (χ3n) is 3.81. The molecular weight excluding hydrogens is 280 g/mol. The van der Waals surface area contributed by atoms with E-state index < -0.39 is 0 Å². The summed E-state index contributed by atoms with van der Waals surface area (Å²) in [6.45, 7) is 1.85. The van der Waals surface area contributed by atoms with Gasteiger partial charge in [-0.3, -0.25) is 0 Å². The standard InChI is InChI=1S/C21H16N2/c1-15-22-19-14-8-13-18(16-9-4-2-5-10-16)20(19)21(23-15)17-11-6-3-7-12-17/h2-14H,1H3/i8D,13D. The number of hydrogen-bond acceptors (Lipinski definition) is 2. The first-order chi connectivity index (χ1) is 12.1. The minimum absolute atomic E-state index is 0.170. The van der Waals surface area contributed by atoms with E-state index in [0.717, 1.165) is 22.2 Å². The molecule has 4 aromatic rings. The van der Waals surface area contributed by atoms with Gasteiger partial charge in [0.1, 0.15) is 5.82 Å². The van der Waals surface area contributed by atoms with E-state index in [1.165, 1.54) is 0 Å². The summed E-state index contributed by atoms with van der Waals surface area (Å²) in [5.41, 5.74) is 4.09. The van der Waals surface area contributed by atoms with Crippen LogP contribution in [-0.2, 0) is 0 Å². The molecule has 3 aromatic carbocycles. The summed E-state index contributed by atoms with van der Waals surface area (Å²) >= 11 is 0. The molecule has 0 amide bonds. The highest BCUT2D eigenvalue weighted by Gasteiger charge is 2.13. The van der Waals surface area contributed by atoms with Crippen molar-refractivity contribution < 1.29 is 2.74 Å². The maximum Gasteiger partial charge on any atom is 0.126 e. The van der Waals surface area contributed by atoms with E-state index in [9.17, 15) is 0 Å². The first-order valence-electron chi connectivity index (χ1n) is 8.54. The van der Waals surface area contributed by atoms with Crippen LogP contribution in [0.2, 0.25) is 0 Å². The molecular formula is C21H16N2. The molecule has 0 aliphatic rings. The van der Waals surface area contributed by atoms with Crippen LogP contribution in [0.15, 0.2) is 78.8 Å². The highest BCUT2D eigenvalue weighted by atomic mass is 14.9. The van der Waals surface area contributed by atoms with E-state index in [0.29, 0.717) is 16.9 Å². The monoisotopic (exact) mass is 298 g/mol. The summed E-state index contributed by atoms with van der Waals surface area (Å²) in [7, 11) is 0. The lowest BCUT2D eigenvalue weighted by Crippen LogP contribution is -1.95. The number of benzene rings is 3. The molecule has 0 fully saturated rings. The van der Waals surface area contributed by atoms with E-state index in [4.69, 9.17) is 2.74 Å². The molecule has 0 spiro atoms. The first kappa shape index (κ1) is 11.6. The van der Waals surface area contributed by atoms with Gasteiger partial charge in [0.15, 0.2) is 0 Å². The summed E-state index contributed by atoms with van der Waals surface area (Å²) in [5.74, 6) is 0.655. The van der Waals surface area contributed by atoms with Gasteiger partial charge in [0.25, 0.3) is 0 Å².